The lowest BCUT2D eigenvalue weighted by molar-refractivity contribution is 0.111. The van der Waals surface area contributed by atoms with E-state index in [1.54, 1.807) is 0 Å². The Morgan fingerprint density at radius 1 is 1.15 bits per heavy atom. The van der Waals surface area contributed by atoms with E-state index < -0.39 is 0 Å². The zero-order valence-corrected chi connectivity index (χ0v) is 12.6. The molecule has 1 heterocycles. The van der Waals surface area contributed by atoms with Crippen LogP contribution in [0.3, 0.4) is 0 Å². The highest BCUT2D eigenvalue weighted by Crippen LogP contribution is 2.40. The number of fused-ring (bicyclic) bond motifs is 1. The summed E-state index contributed by atoms with van der Waals surface area (Å²) in [4.78, 5) is 2.55. The maximum absolute atomic E-state index is 10.0. The summed E-state index contributed by atoms with van der Waals surface area (Å²) in [6.07, 6.45) is 8.78. The van der Waals surface area contributed by atoms with Crippen LogP contribution in [0, 0.1) is 5.41 Å². The Hall–Kier alpha value is -1.02. The second-order valence-corrected chi connectivity index (χ2v) is 6.88. The second kappa shape index (κ2) is 5.77. The summed E-state index contributed by atoms with van der Waals surface area (Å²) in [5.74, 6) is 0. The van der Waals surface area contributed by atoms with Crippen molar-refractivity contribution in [2.24, 2.45) is 5.41 Å². The molecule has 3 rings (SSSR count). The van der Waals surface area contributed by atoms with E-state index in [9.17, 15) is 5.11 Å². The van der Waals surface area contributed by atoms with Gasteiger partial charge in [0.25, 0.3) is 0 Å². The van der Waals surface area contributed by atoms with Gasteiger partial charge in [-0.05, 0) is 37.8 Å². The summed E-state index contributed by atoms with van der Waals surface area (Å²) in [6, 6.07) is 9.36. The third-order valence-corrected chi connectivity index (χ3v) is 5.35. The molecule has 1 unspecified atom stereocenters. The van der Waals surface area contributed by atoms with Crippen molar-refractivity contribution in [3.63, 3.8) is 0 Å². The Kier molecular flexibility index (Phi) is 4.02. The highest BCUT2D eigenvalue weighted by molar-refractivity contribution is 5.59. The van der Waals surface area contributed by atoms with Crippen LogP contribution in [-0.2, 0) is 6.42 Å². The third kappa shape index (κ3) is 2.58. The lowest BCUT2D eigenvalue weighted by Gasteiger charge is -2.38. The van der Waals surface area contributed by atoms with Gasteiger partial charge in [-0.15, -0.1) is 0 Å². The van der Waals surface area contributed by atoms with E-state index in [0.717, 1.165) is 13.0 Å². The first-order chi connectivity index (χ1) is 9.74. The maximum Gasteiger partial charge on any atom is 0.0504 e. The molecule has 20 heavy (non-hydrogen) atoms. The van der Waals surface area contributed by atoms with Crippen molar-refractivity contribution in [3.05, 3.63) is 29.8 Å². The minimum atomic E-state index is 0.127. The van der Waals surface area contributed by atoms with Crippen molar-refractivity contribution in [2.45, 2.75) is 57.9 Å². The van der Waals surface area contributed by atoms with E-state index >= 15 is 0 Å². The van der Waals surface area contributed by atoms with Crippen molar-refractivity contribution in [1.29, 1.82) is 0 Å². The van der Waals surface area contributed by atoms with E-state index in [-0.39, 0.29) is 5.41 Å². The molecule has 0 spiro atoms. The first-order valence-electron chi connectivity index (χ1n) is 8.19. The fourth-order valence-corrected chi connectivity index (χ4v) is 4.08. The molecule has 0 amide bonds. The molecule has 2 aliphatic rings. The number of anilines is 1. The first kappa shape index (κ1) is 13.9. The van der Waals surface area contributed by atoms with Crippen LogP contribution < -0.4 is 4.90 Å². The number of hydrogen-bond acceptors (Lipinski definition) is 2. The smallest absolute Gasteiger partial charge is 0.0504 e. The van der Waals surface area contributed by atoms with E-state index in [0.29, 0.717) is 12.6 Å². The number of hydrogen-bond donors (Lipinski definition) is 1. The molecular weight excluding hydrogens is 246 g/mol. The predicted molar refractivity (Wildman–Crippen MR) is 84.2 cm³/mol. The van der Waals surface area contributed by atoms with Gasteiger partial charge in [-0.3, -0.25) is 0 Å². The van der Waals surface area contributed by atoms with Crippen LogP contribution in [0.1, 0.15) is 51.0 Å². The minimum absolute atomic E-state index is 0.127. The lowest BCUT2D eigenvalue weighted by atomic mass is 9.80. The number of nitrogens with zero attached hydrogens (tertiary/aromatic N) is 1. The maximum atomic E-state index is 10.0. The van der Waals surface area contributed by atoms with Gasteiger partial charge in [0.1, 0.15) is 0 Å². The predicted octanol–water partition coefficient (Wildman–Crippen LogP) is 3.77. The molecule has 1 aliphatic heterocycles. The lowest BCUT2D eigenvalue weighted by Crippen LogP contribution is -2.42. The molecule has 2 nitrogen and oxygen atoms in total. The second-order valence-electron chi connectivity index (χ2n) is 6.88. The number of aliphatic hydroxyl groups excluding tert-OH is 1. The summed E-state index contributed by atoms with van der Waals surface area (Å²) < 4.78 is 0. The van der Waals surface area contributed by atoms with Gasteiger partial charge >= 0.3 is 0 Å². The van der Waals surface area contributed by atoms with Gasteiger partial charge in [0, 0.05) is 23.7 Å². The highest BCUT2D eigenvalue weighted by Gasteiger charge is 2.36. The summed E-state index contributed by atoms with van der Waals surface area (Å²) >= 11 is 0. The Morgan fingerprint density at radius 3 is 2.55 bits per heavy atom. The monoisotopic (exact) mass is 273 g/mol. The van der Waals surface area contributed by atoms with Crippen LogP contribution in [-0.4, -0.2) is 24.3 Å². The quantitative estimate of drug-likeness (QED) is 0.847. The molecular formula is C18H27NO. The highest BCUT2D eigenvalue weighted by atomic mass is 16.3. The first-order valence-corrected chi connectivity index (χ1v) is 8.19. The fourth-order valence-electron chi connectivity index (χ4n) is 4.08. The summed E-state index contributed by atoms with van der Waals surface area (Å²) in [7, 11) is 0. The molecule has 110 valence electrons. The minimum Gasteiger partial charge on any atom is -0.396 e. The molecule has 2 heteroatoms. The number of benzene rings is 1. The third-order valence-electron chi connectivity index (χ3n) is 5.35. The molecule has 0 saturated heterocycles. The molecule has 0 bridgehead atoms. The van der Waals surface area contributed by atoms with Crippen molar-refractivity contribution in [1.82, 2.24) is 0 Å². The molecule has 1 aromatic rings. The summed E-state index contributed by atoms with van der Waals surface area (Å²) in [5, 5.41) is 10.0. The molecule has 1 N–H and O–H groups in total. The average Bonchev–Trinajstić information content (AvgIpc) is 2.65. The van der Waals surface area contributed by atoms with E-state index in [4.69, 9.17) is 0 Å². The zero-order chi connectivity index (χ0) is 14.0. The average molecular weight is 273 g/mol. The summed E-state index contributed by atoms with van der Waals surface area (Å²) in [5.41, 5.74) is 3.00. The molecule has 1 fully saturated rings. The Labute approximate surface area is 122 Å². The fraction of sp³-hybridized carbons (Fsp3) is 0.667. The Bertz CT molecular complexity index is 448. The van der Waals surface area contributed by atoms with E-state index in [1.165, 1.54) is 49.8 Å². The van der Waals surface area contributed by atoms with Crippen LogP contribution in [0.5, 0.6) is 0 Å². The van der Waals surface area contributed by atoms with Gasteiger partial charge in [-0.25, -0.2) is 0 Å². The number of aliphatic hydroxyl groups is 1. The SMILES string of the molecule is CC1Cc2ccccc2N1CC1(CO)CCCCCC1. The molecule has 1 aliphatic carbocycles. The van der Waals surface area contributed by atoms with E-state index in [1.807, 2.05) is 0 Å². The molecule has 0 aromatic heterocycles. The van der Waals surface area contributed by atoms with Gasteiger partial charge in [0.2, 0.25) is 0 Å². The number of rotatable bonds is 3. The summed E-state index contributed by atoms with van der Waals surface area (Å²) in [6.45, 7) is 3.70. The largest absolute Gasteiger partial charge is 0.396 e. The Balaban J connectivity index is 1.82. The van der Waals surface area contributed by atoms with Gasteiger partial charge in [0.15, 0.2) is 0 Å². The standard InChI is InChI=1S/C18H27NO/c1-15-12-16-8-4-5-9-17(16)19(15)13-18(14-20)10-6-2-3-7-11-18/h4-5,8-9,15,20H,2-3,6-7,10-14H2,1H3. The van der Waals surface area contributed by atoms with Gasteiger partial charge in [-0.2, -0.15) is 0 Å². The van der Waals surface area contributed by atoms with Crippen LogP contribution in [0.15, 0.2) is 24.3 Å². The molecule has 1 aromatic carbocycles. The van der Waals surface area contributed by atoms with Gasteiger partial charge in [0.05, 0.1) is 6.61 Å². The van der Waals surface area contributed by atoms with Crippen molar-refractivity contribution in [2.75, 3.05) is 18.1 Å². The van der Waals surface area contributed by atoms with Crippen molar-refractivity contribution >= 4 is 5.69 Å². The molecule has 1 saturated carbocycles. The van der Waals surface area contributed by atoms with Crippen molar-refractivity contribution in [3.8, 4) is 0 Å². The van der Waals surface area contributed by atoms with Crippen LogP contribution in [0.4, 0.5) is 5.69 Å². The van der Waals surface area contributed by atoms with Crippen LogP contribution in [0.25, 0.3) is 0 Å². The van der Waals surface area contributed by atoms with Gasteiger partial charge in [-0.1, -0.05) is 43.9 Å². The van der Waals surface area contributed by atoms with Gasteiger partial charge < -0.3 is 10.0 Å². The number of para-hydroxylation sites is 1. The Morgan fingerprint density at radius 2 is 1.85 bits per heavy atom. The van der Waals surface area contributed by atoms with Crippen molar-refractivity contribution < 1.29 is 5.11 Å². The van der Waals surface area contributed by atoms with Crippen LogP contribution in [0.2, 0.25) is 0 Å². The molecule has 0 radical (unpaired) electrons. The molecule has 1 atom stereocenters. The zero-order valence-electron chi connectivity index (χ0n) is 12.6. The normalized spacial score (nSPS) is 25.3. The van der Waals surface area contributed by atoms with E-state index in [2.05, 4.69) is 36.1 Å². The topological polar surface area (TPSA) is 23.5 Å². The van der Waals surface area contributed by atoms with Crippen LogP contribution >= 0.6 is 0 Å².